The van der Waals surface area contributed by atoms with Gasteiger partial charge in [0.25, 0.3) is 5.91 Å². The van der Waals surface area contributed by atoms with Crippen LogP contribution in [0.5, 0.6) is 0 Å². The molecule has 0 heterocycles. The van der Waals surface area contributed by atoms with Crippen LogP contribution in [0.15, 0.2) is 18.2 Å². The predicted octanol–water partition coefficient (Wildman–Crippen LogP) is 1.83. The SMILES string of the molecule is CC(OC(N)=O)C(=O)Cc1cccc(Cl)c1C(=O)NC1CC1. The largest absolute Gasteiger partial charge is 0.439 e. The molecule has 1 aliphatic carbocycles. The topological polar surface area (TPSA) is 98.5 Å². The van der Waals surface area contributed by atoms with Gasteiger partial charge in [-0.1, -0.05) is 23.7 Å². The van der Waals surface area contributed by atoms with Crippen LogP contribution in [0.3, 0.4) is 0 Å². The van der Waals surface area contributed by atoms with Crippen LogP contribution < -0.4 is 11.1 Å². The number of Topliss-reactive ketones (excluding diaryl/α,β-unsaturated/α-hetero) is 1. The molecule has 1 aliphatic rings. The highest BCUT2D eigenvalue weighted by molar-refractivity contribution is 6.34. The average Bonchev–Trinajstić information content (AvgIpc) is 3.21. The predicted molar refractivity (Wildman–Crippen MR) is 80.8 cm³/mol. The number of hydrogen-bond donors (Lipinski definition) is 2. The van der Waals surface area contributed by atoms with E-state index in [1.807, 2.05) is 0 Å². The highest BCUT2D eigenvalue weighted by Gasteiger charge is 2.27. The number of halogens is 1. The van der Waals surface area contributed by atoms with Crippen LogP contribution in [0, 0.1) is 0 Å². The van der Waals surface area contributed by atoms with Gasteiger partial charge < -0.3 is 15.8 Å². The van der Waals surface area contributed by atoms with Crippen LogP contribution in [0.2, 0.25) is 5.02 Å². The lowest BCUT2D eigenvalue weighted by Gasteiger charge is -2.14. The first-order valence-electron chi connectivity index (χ1n) is 6.95. The van der Waals surface area contributed by atoms with Gasteiger partial charge >= 0.3 is 6.09 Å². The molecule has 1 aromatic carbocycles. The van der Waals surface area contributed by atoms with Gasteiger partial charge in [0.1, 0.15) is 0 Å². The van der Waals surface area contributed by atoms with Crippen molar-refractivity contribution >= 4 is 29.4 Å². The van der Waals surface area contributed by atoms with Gasteiger partial charge in [0.2, 0.25) is 0 Å². The molecule has 0 saturated heterocycles. The number of primary amides is 1. The van der Waals surface area contributed by atoms with E-state index >= 15 is 0 Å². The molecule has 1 aromatic rings. The Labute approximate surface area is 133 Å². The Kier molecular flexibility index (Phi) is 5.03. The maximum atomic E-state index is 12.3. The van der Waals surface area contributed by atoms with Crippen LogP contribution in [0.1, 0.15) is 35.7 Å². The van der Waals surface area contributed by atoms with E-state index in [1.54, 1.807) is 18.2 Å². The summed E-state index contributed by atoms with van der Waals surface area (Å²) in [5, 5.41) is 3.13. The quantitative estimate of drug-likeness (QED) is 0.834. The molecule has 0 aromatic heterocycles. The summed E-state index contributed by atoms with van der Waals surface area (Å²) in [5.41, 5.74) is 5.67. The van der Waals surface area contributed by atoms with Gasteiger partial charge in [0.15, 0.2) is 11.9 Å². The van der Waals surface area contributed by atoms with Crippen LogP contribution in [-0.4, -0.2) is 29.9 Å². The van der Waals surface area contributed by atoms with Gasteiger partial charge in [-0.3, -0.25) is 9.59 Å². The van der Waals surface area contributed by atoms with E-state index < -0.39 is 12.2 Å². The maximum absolute atomic E-state index is 12.3. The minimum Gasteiger partial charge on any atom is -0.439 e. The lowest BCUT2D eigenvalue weighted by molar-refractivity contribution is -0.125. The Bertz CT molecular complexity index is 614. The van der Waals surface area contributed by atoms with Crippen molar-refractivity contribution in [2.45, 2.75) is 38.3 Å². The van der Waals surface area contributed by atoms with E-state index in [2.05, 4.69) is 10.1 Å². The van der Waals surface area contributed by atoms with Crippen LogP contribution in [0.4, 0.5) is 4.79 Å². The molecule has 2 amide bonds. The highest BCUT2D eigenvalue weighted by atomic mass is 35.5. The van der Waals surface area contributed by atoms with Gasteiger partial charge in [-0.15, -0.1) is 0 Å². The summed E-state index contributed by atoms with van der Waals surface area (Å²) in [7, 11) is 0. The molecule has 6 nitrogen and oxygen atoms in total. The van der Waals surface area contributed by atoms with E-state index in [0.717, 1.165) is 12.8 Å². The van der Waals surface area contributed by atoms with Crippen molar-refractivity contribution in [3.05, 3.63) is 34.3 Å². The molecule has 118 valence electrons. The lowest BCUT2D eigenvalue weighted by Crippen LogP contribution is -2.30. The zero-order valence-corrected chi connectivity index (χ0v) is 12.9. The normalized spacial score (nSPS) is 15.0. The fourth-order valence-corrected chi connectivity index (χ4v) is 2.31. The van der Waals surface area contributed by atoms with Crippen LogP contribution in [0.25, 0.3) is 0 Å². The third kappa shape index (κ3) is 4.21. The minimum absolute atomic E-state index is 0.0670. The van der Waals surface area contributed by atoms with Crippen molar-refractivity contribution in [3.8, 4) is 0 Å². The molecule has 3 N–H and O–H groups in total. The number of nitrogens with two attached hydrogens (primary N) is 1. The number of nitrogens with one attached hydrogen (secondary N) is 1. The molecule has 0 aliphatic heterocycles. The van der Waals surface area contributed by atoms with Crippen molar-refractivity contribution in [2.24, 2.45) is 5.73 Å². The summed E-state index contributed by atoms with van der Waals surface area (Å²) >= 11 is 6.10. The first-order chi connectivity index (χ1) is 10.4. The molecule has 1 atom stereocenters. The van der Waals surface area contributed by atoms with Gasteiger partial charge in [-0.05, 0) is 31.4 Å². The van der Waals surface area contributed by atoms with Gasteiger partial charge in [-0.2, -0.15) is 0 Å². The Morgan fingerprint density at radius 1 is 1.41 bits per heavy atom. The van der Waals surface area contributed by atoms with Crippen molar-refractivity contribution in [2.75, 3.05) is 0 Å². The molecule has 22 heavy (non-hydrogen) atoms. The van der Waals surface area contributed by atoms with E-state index in [4.69, 9.17) is 17.3 Å². The molecule has 1 unspecified atom stereocenters. The molecular formula is C15H17ClN2O4. The summed E-state index contributed by atoms with van der Waals surface area (Å²) in [6.45, 7) is 1.43. The highest BCUT2D eigenvalue weighted by Crippen LogP contribution is 2.24. The number of carbonyl (C=O) groups is 3. The average molecular weight is 325 g/mol. The number of benzene rings is 1. The van der Waals surface area contributed by atoms with Gasteiger partial charge in [0, 0.05) is 12.5 Å². The molecule has 2 rings (SSSR count). The number of ether oxygens (including phenoxy) is 1. The molecule has 0 bridgehead atoms. The number of hydrogen-bond acceptors (Lipinski definition) is 4. The van der Waals surface area contributed by atoms with Crippen LogP contribution in [-0.2, 0) is 16.0 Å². The second-order valence-electron chi connectivity index (χ2n) is 5.24. The number of carbonyl (C=O) groups excluding carboxylic acids is 3. The number of ketones is 1. The van der Waals surface area contributed by atoms with E-state index in [1.165, 1.54) is 6.92 Å². The molecule has 1 saturated carbocycles. The standard InChI is InChI=1S/C15H17ClN2O4/c1-8(22-15(17)21)12(19)7-9-3-2-4-11(16)13(9)14(20)18-10-5-6-10/h2-4,8,10H,5-7H2,1H3,(H2,17,21)(H,18,20). The van der Waals surface area contributed by atoms with Crippen molar-refractivity contribution in [1.82, 2.24) is 5.32 Å². The Morgan fingerprint density at radius 2 is 2.09 bits per heavy atom. The first kappa shape index (κ1) is 16.3. The number of rotatable bonds is 6. The molecule has 0 radical (unpaired) electrons. The summed E-state index contributed by atoms with van der Waals surface area (Å²) in [6.07, 6.45) is -0.154. The summed E-state index contributed by atoms with van der Waals surface area (Å²) in [4.78, 5) is 35.0. The maximum Gasteiger partial charge on any atom is 0.405 e. The smallest absolute Gasteiger partial charge is 0.405 e. The third-order valence-corrected chi connectivity index (χ3v) is 3.67. The van der Waals surface area contributed by atoms with Crippen LogP contribution >= 0.6 is 11.6 Å². The molecule has 1 fully saturated rings. The Morgan fingerprint density at radius 3 is 2.68 bits per heavy atom. The summed E-state index contributed by atoms with van der Waals surface area (Å²) < 4.78 is 4.65. The number of amides is 2. The molecule has 0 spiro atoms. The zero-order chi connectivity index (χ0) is 16.3. The second kappa shape index (κ2) is 6.79. The monoisotopic (exact) mass is 324 g/mol. The fraction of sp³-hybridized carbons (Fsp3) is 0.400. The van der Waals surface area contributed by atoms with Gasteiger partial charge in [-0.25, -0.2) is 4.79 Å². The first-order valence-corrected chi connectivity index (χ1v) is 7.33. The Hall–Kier alpha value is -2.08. The summed E-state index contributed by atoms with van der Waals surface area (Å²) in [6, 6.07) is 5.10. The van der Waals surface area contributed by atoms with E-state index in [0.29, 0.717) is 5.56 Å². The minimum atomic E-state index is -1.02. The van der Waals surface area contributed by atoms with Crippen molar-refractivity contribution < 1.29 is 19.1 Å². The zero-order valence-electron chi connectivity index (χ0n) is 12.1. The fourth-order valence-electron chi connectivity index (χ4n) is 2.03. The van der Waals surface area contributed by atoms with Crippen molar-refractivity contribution in [1.29, 1.82) is 0 Å². The second-order valence-corrected chi connectivity index (χ2v) is 5.65. The van der Waals surface area contributed by atoms with E-state index in [-0.39, 0.29) is 34.7 Å². The third-order valence-electron chi connectivity index (χ3n) is 3.35. The Balaban J connectivity index is 2.15. The van der Waals surface area contributed by atoms with Crippen molar-refractivity contribution in [3.63, 3.8) is 0 Å². The molecule has 7 heteroatoms. The summed E-state index contributed by atoms with van der Waals surface area (Å²) in [5.74, 6) is -0.652. The lowest BCUT2D eigenvalue weighted by atomic mass is 9.99. The molecular weight excluding hydrogens is 308 g/mol. The van der Waals surface area contributed by atoms with Gasteiger partial charge in [0.05, 0.1) is 10.6 Å². The van der Waals surface area contributed by atoms with E-state index in [9.17, 15) is 14.4 Å².